The number of fused-ring (bicyclic) bond motifs is 3. The average molecular weight is 473 g/mol. The molecule has 7 nitrogen and oxygen atoms in total. The largest absolute Gasteiger partial charge is 0.453 e. The van der Waals surface area contributed by atoms with Crippen LogP contribution >= 0.6 is 0 Å². The van der Waals surface area contributed by atoms with Gasteiger partial charge < -0.3 is 25.8 Å². The Balaban J connectivity index is 1.58. The first-order valence-corrected chi connectivity index (χ1v) is 11.3. The molecule has 0 unspecified atom stereocenters. The van der Waals surface area contributed by atoms with Crippen molar-refractivity contribution in [2.24, 2.45) is 0 Å². The number of nitrogens with one attached hydrogen (secondary N) is 2. The Morgan fingerprint density at radius 3 is 2.56 bits per heavy atom. The zero-order chi connectivity index (χ0) is 24.0. The molecule has 2 aliphatic heterocycles. The van der Waals surface area contributed by atoms with E-state index < -0.39 is 17.8 Å². The fourth-order valence-electron chi connectivity index (χ4n) is 4.71. The molecule has 0 radical (unpaired) electrons. The quantitative estimate of drug-likeness (QED) is 0.464. The third-order valence-corrected chi connectivity index (χ3v) is 6.38. The standard InChI is InChI=1S/C24H26F3N5O2/c1-12(15-7-16(24(25,26)27)9-17(28)8-15)30-23-19-10-18(14-3-5-29-6-4-14)21-22(34-11-33-21)20(19)31-13(2)32-23/h7-10,12,14,29H,3-6,11,28H2,1-2H3,(H,30,31,32)/t12-/m1/s1. The smallest absolute Gasteiger partial charge is 0.416 e. The van der Waals surface area contributed by atoms with Crippen LogP contribution in [-0.2, 0) is 6.18 Å². The van der Waals surface area contributed by atoms with E-state index in [1.807, 2.05) is 6.07 Å². The van der Waals surface area contributed by atoms with Gasteiger partial charge in [0.1, 0.15) is 17.2 Å². The highest BCUT2D eigenvalue weighted by Crippen LogP contribution is 2.47. The summed E-state index contributed by atoms with van der Waals surface area (Å²) in [6, 6.07) is 5.13. The maximum Gasteiger partial charge on any atom is 0.416 e. The lowest BCUT2D eigenvalue weighted by atomic mass is 9.88. The van der Waals surface area contributed by atoms with Crippen molar-refractivity contribution < 1.29 is 22.6 Å². The number of hydrogen-bond donors (Lipinski definition) is 3. The number of halogens is 3. The number of nitrogen functional groups attached to an aromatic ring is 1. The highest BCUT2D eigenvalue weighted by molar-refractivity contribution is 5.96. The second-order valence-electron chi connectivity index (χ2n) is 8.82. The van der Waals surface area contributed by atoms with Crippen molar-refractivity contribution in [1.82, 2.24) is 15.3 Å². The van der Waals surface area contributed by atoms with Crippen molar-refractivity contribution in [3.63, 3.8) is 0 Å². The molecule has 0 aliphatic carbocycles. The number of anilines is 2. The fraction of sp³-hybridized carbons (Fsp3) is 0.417. The Hall–Kier alpha value is -3.27. The summed E-state index contributed by atoms with van der Waals surface area (Å²) < 4.78 is 51.6. The van der Waals surface area contributed by atoms with Gasteiger partial charge in [0.05, 0.1) is 11.6 Å². The van der Waals surface area contributed by atoms with E-state index in [0.717, 1.165) is 54.8 Å². The van der Waals surface area contributed by atoms with Crippen molar-refractivity contribution in [3.05, 3.63) is 46.8 Å². The SMILES string of the molecule is Cc1nc(N[C@H](C)c2cc(N)cc(C(F)(F)F)c2)c2cc(C3CCNCC3)c3c(c2n1)OCO3. The molecular weight excluding hydrogens is 447 g/mol. The zero-order valence-electron chi connectivity index (χ0n) is 18.9. The molecule has 34 heavy (non-hydrogen) atoms. The number of piperidine rings is 1. The van der Waals surface area contributed by atoms with Crippen LogP contribution < -0.4 is 25.8 Å². The summed E-state index contributed by atoms with van der Waals surface area (Å²) in [7, 11) is 0. The van der Waals surface area contributed by atoms with Gasteiger partial charge in [-0.3, -0.25) is 0 Å². The molecule has 0 spiro atoms. The van der Waals surface area contributed by atoms with Crippen molar-refractivity contribution >= 4 is 22.4 Å². The molecule has 1 saturated heterocycles. The van der Waals surface area contributed by atoms with Gasteiger partial charge in [0.2, 0.25) is 6.79 Å². The molecule has 0 amide bonds. The summed E-state index contributed by atoms with van der Waals surface area (Å²) in [6.07, 6.45) is -2.54. The first-order chi connectivity index (χ1) is 16.2. The van der Waals surface area contributed by atoms with E-state index in [-0.39, 0.29) is 12.5 Å². The minimum atomic E-state index is -4.48. The van der Waals surface area contributed by atoms with Crippen LogP contribution in [0.1, 0.15) is 54.2 Å². The van der Waals surface area contributed by atoms with Crippen molar-refractivity contribution in [1.29, 1.82) is 0 Å². The molecule has 3 heterocycles. The van der Waals surface area contributed by atoms with Crippen LogP contribution in [0.25, 0.3) is 10.9 Å². The minimum absolute atomic E-state index is 0.0544. The Labute approximate surface area is 194 Å². The van der Waals surface area contributed by atoms with Gasteiger partial charge in [-0.25, -0.2) is 9.97 Å². The van der Waals surface area contributed by atoms with E-state index in [1.54, 1.807) is 13.8 Å². The highest BCUT2D eigenvalue weighted by atomic mass is 19.4. The molecule has 0 bridgehead atoms. The lowest BCUT2D eigenvalue weighted by molar-refractivity contribution is -0.137. The van der Waals surface area contributed by atoms with Crippen molar-refractivity contribution in [3.8, 4) is 11.5 Å². The molecule has 2 aromatic carbocycles. The minimum Gasteiger partial charge on any atom is -0.453 e. The molecule has 3 aromatic rings. The number of rotatable bonds is 4. The number of aryl methyl sites for hydroxylation is 1. The maximum absolute atomic E-state index is 13.3. The van der Waals surface area contributed by atoms with E-state index >= 15 is 0 Å². The van der Waals surface area contributed by atoms with Gasteiger partial charge in [-0.15, -0.1) is 0 Å². The normalized spacial score (nSPS) is 17.2. The molecule has 1 fully saturated rings. The molecule has 5 rings (SSSR count). The summed E-state index contributed by atoms with van der Waals surface area (Å²) in [5, 5.41) is 7.40. The molecule has 1 aromatic heterocycles. The van der Waals surface area contributed by atoms with Crippen molar-refractivity contribution in [2.75, 3.05) is 30.9 Å². The number of ether oxygens (including phenoxy) is 2. The molecule has 4 N–H and O–H groups in total. The predicted molar refractivity (Wildman–Crippen MR) is 123 cm³/mol. The Morgan fingerprint density at radius 2 is 1.82 bits per heavy atom. The Bertz CT molecular complexity index is 1240. The summed E-state index contributed by atoms with van der Waals surface area (Å²) in [5.41, 5.74) is 7.13. The van der Waals surface area contributed by atoms with Crippen LogP contribution in [0.15, 0.2) is 24.3 Å². The lowest BCUT2D eigenvalue weighted by Crippen LogP contribution is -2.26. The van der Waals surface area contributed by atoms with Crippen LogP contribution in [0, 0.1) is 6.92 Å². The van der Waals surface area contributed by atoms with E-state index in [2.05, 4.69) is 20.6 Å². The van der Waals surface area contributed by atoms with E-state index in [1.165, 1.54) is 6.07 Å². The average Bonchev–Trinajstić information content (AvgIpc) is 3.28. The highest BCUT2D eigenvalue weighted by Gasteiger charge is 2.32. The van der Waals surface area contributed by atoms with E-state index in [0.29, 0.717) is 34.4 Å². The first-order valence-electron chi connectivity index (χ1n) is 11.3. The van der Waals surface area contributed by atoms with Gasteiger partial charge in [0.25, 0.3) is 0 Å². The molecule has 180 valence electrons. The number of benzene rings is 2. The maximum atomic E-state index is 13.3. The van der Waals surface area contributed by atoms with Gasteiger partial charge in [-0.2, -0.15) is 13.2 Å². The van der Waals surface area contributed by atoms with Crippen LogP contribution in [0.2, 0.25) is 0 Å². The van der Waals surface area contributed by atoms with Gasteiger partial charge in [0.15, 0.2) is 11.5 Å². The summed E-state index contributed by atoms with van der Waals surface area (Å²) >= 11 is 0. The van der Waals surface area contributed by atoms with Gasteiger partial charge in [-0.05, 0) is 75.5 Å². The van der Waals surface area contributed by atoms with Crippen LogP contribution in [-0.4, -0.2) is 29.9 Å². The summed E-state index contributed by atoms with van der Waals surface area (Å²) in [4.78, 5) is 9.19. The van der Waals surface area contributed by atoms with Gasteiger partial charge >= 0.3 is 6.18 Å². The van der Waals surface area contributed by atoms with Gasteiger partial charge in [-0.1, -0.05) is 0 Å². The molecule has 1 atom stereocenters. The van der Waals surface area contributed by atoms with Crippen molar-refractivity contribution in [2.45, 2.75) is 44.8 Å². The Morgan fingerprint density at radius 1 is 1.09 bits per heavy atom. The second kappa shape index (κ2) is 8.50. The number of alkyl halides is 3. The van der Waals surface area contributed by atoms with Crippen LogP contribution in [0.4, 0.5) is 24.7 Å². The number of aromatic nitrogens is 2. The number of nitrogens with zero attached hydrogens (tertiary/aromatic N) is 2. The number of nitrogens with two attached hydrogens (primary N) is 1. The van der Waals surface area contributed by atoms with Crippen LogP contribution in [0.3, 0.4) is 0 Å². The molecular formula is C24H26F3N5O2. The fourth-order valence-corrected chi connectivity index (χ4v) is 4.71. The topological polar surface area (TPSA) is 94.3 Å². The summed E-state index contributed by atoms with van der Waals surface area (Å²) in [5.74, 6) is 2.66. The number of hydrogen-bond acceptors (Lipinski definition) is 7. The third-order valence-electron chi connectivity index (χ3n) is 6.38. The zero-order valence-corrected chi connectivity index (χ0v) is 18.9. The monoisotopic (exact) mass is 473 g/mol. The Kier molecular flexibility index (Phi) is 5.63. The second-order valence-corrected chi connectivity index (χ2v) is 8.82. The van der Waals surface area contributed by atoms with E-state index in [9.17, 15) is 13.2 Å². The van der Waals surface area contributed by atoms with Crippen LogP contribution in [0.5, 0.6) is 11.5 Å². The van der Waals surface area contributed by atoms with E-state index in [4.69, 9.17) is 15.2 Å². The molecule has 10 heteroatoms. The molecule has 0 saturated carbocycles. The molecule has 2 aliphatic rings. The first kappa shape index (κ1) is 22.5. The third kappa shape index (κ3) is 4.18. The summed E-state index contributed by atoms with van der Waals surface area (Å²) in [6.45, 7) is 5.50. The van der Waals surface area contributed by atoms with Gasteiger partial charge in [0, 0.05) is 16.6 Å². The lowest BCUT2D eigenvalue weighted by Gasteiger charge is -2.25. The predicted octanol–water partition coefficient (Wildman–Crippen LogP) is 4.91.